The molecule has 0 unspecified atom stereocenters. The second-order valence-electron chi connectivity index (χ2n) is 10.5. The standard InChI is InChI=1S/C31H29N7O3/c1-16-15-38(12-11-32-16)31(39)30-35-28(20-9-10-33-23-8-6-5-7-19(20)23)27-21-14-25(40-4)22(13-24(21)34-29(27)36-30)26-17(2)37-41-18(26)3/h5-10,13-14,16,32H,11-12,15H2,1-4H3,(H,34,35,36)/t16-/m0/s1. The molecule has 10 heteroatoms. The fourth-order valence-electron chi connectivity index (χ4n) is 5.91. The maximum absolute atomic E-state index is 13.7. The Hall–Kier alpha value is -4.83. The molecule has 10 nitrogen and oxygen atoms in total. The topological polar surface area (TPSA) is 122 Å². The molecule has 1 aliphatic rings. The van der Waals surface area contributed by atoms with Gasteiger partial charge in [-0.15, -0.1) is 0 Å². The van der Waals surface area contributed by atoms with E-state index in [1.165, 1.54) is 0 Å². The second kappa shape index (κ2) is 9.67. The number of aromatic nitrogens is 5. The van der Waals surface area contributed by atoms with E-state index in [1.54, 1.807) is 13.3 Å². The fraction of sp³-hybridized carbons (Fsp3) is 0.258. The van der Waals surface area contributed by atoms with Crippen LogP contribution < -0.4 is 10.1 Å². The third-order valence-corrected chi connectivity index (χ3v) is 7.83. The molecular weight excluding hydrogens is 518 g/mol. The molecule has 0 bridgehead atoms. The summed E-state index contributed by atoms with van der Waals surface area (Å²) in [6, 6.07) is 14.1. The summed E-state index contributed by atoms with van der Waals surface area (Å²) >= 11 is 0. The molecule has 1 amide bonds. The number of nitrogens with zero attached hydrogens (tertiary/aromatic N) is 5. The van der Waals surface area contributed by atoms with Crippen LogP contribution >= 0.6 is 0 Å². The van der Waals surface area contributed by atoms with Gasteiger partial charge in [0.1, 0.15) is 17.2 Å². The van der Waals surface area contributed by atoms with Gasteiger partial charge in [0.2, 0.25) is 5.82 Å². The summed E-state index contributed by atoms with van der Waals surface area (Å²) in [6.45, 7) is 7.79. The minimum absolute atomic E-state index is 0.159. The normalized spacial score (nSPS) is 15.7. The summed E-state index contributed by atoms with van der Waals surface area (Å²) in [6.07, 6.45) is 1.77. The van der Waals surface area contributed by atoms with Gasteiger partial charge in [0.25, 0.3) is 5.91 Å². The predicted molar refractivity (Wildman–Crippen MR) is 157 cm³/mol. The maximum atomic E-state index is 13.7. The summed E-state index contributed by atoms with van der Waals surface area (Å²) in [5.41, 5.74) is 6.33. The Bertz CT molecular complexity index is 1950. The number of pyridine rings is 1. The van der Waals surface area contributed by atoms with Gasteiger partial charge >= 0.3 is 0 Å². The molecule has 7 rings (SSSR count). The van der Waals surface area contributed by atoms with Gasteiger partial charge in [0.15, 0.2) is 0 Å². The Balaban J connectivity index is 1.52. The van der Waals surface area contributed by atoms with Crippen LogP contribution in [0.5, 0.6) is 5.75 Å². The van der Waals surface area contributed by atoms with E-state index in [1.807, 2.05) is 61.2 Å². The van der Waals surface area contributed by atoms with Crippen LogP contribution in [-0.2, 0) is 0 Å². The number of H-pyrrole nitrogens is 1. The van der Waals surface area contributed by atoms with Crippen LogP contribution in [0.25, 0.3) is 55.2 Å². The molecule has 206 valence electrons. The lowest BCUT2D eigenvalue weighted by atomic mass is 9.99. The van der Waals surface area contributed by atoms with Crippen LogP contribution in [0.1, 0.15) is 29.0 Å². The van der Waals surface area contributed by atoms with E-state index in [-0.39, 0.29) is 17.8 Å². The highest BCUT2D eigenvalue weighted by atomic mass is 16.5. The molecule has 1 aliphatic heterocycles. The largest absolute Gasteiger partial charge is 0.496 e. The molecule has 1 fully saturated rings. The summed E-state index contributed by atoms with van der Waals surface area (Å²) in [5.74, 6) is 1.35. The molecule has 41 heavy (non-hydrogen) atoms. The van der Waals surface area contributed by atoms with Gasteiger partial charge in [-0.1, -0.05) is 23.4 Å². The number of ether oxygens (including phenoxy) is 1. The van der Waals surface area contributed by atoms with Gasteiger partial charge in [0, 0.05) is 59.3 Å². The zero-order chi connectivity index (χ0) is 28.2. The number of nitrogens with one attached hydrogen (secondary N) is 2. The number of fused-ring (bicyclic) bond motifs is 4. The number of aryl methyl sites for hydroxylation is 2. The van der Waals surface area contributed by atoms with E-state index in [2.05, 4.69) is 27.4 Å². The van der Waals surface area contributed by atoms with E-state index < -0.39 is 0 Å². The molecule has 0 spiro atoms. The highest BCUT2D eigenvalue weighted by molar-refractivity contribution is 6.16. The lowest BCUT2D eigenvalue weighted by molar-refractivity contribution is 0.0697. The van der Waals surface area contributed by atoms with Crippen molar-refractivity contribution in [1.82, 2.24) is 35.3 Å². The molecule has 5 heterocycles. The van der Waals surface area contributed by atoms with Crippen LogP contribution in [-0.4, -0.2) is 68.7 Å². The van der Waals surface area contributed by atoms with Crippen LogP contribution in [0.2, 0.25) is 0 Å². The van der Waals surface area contributed by atoms with Crippen molar-refractivity contribution >= 4 is 38.7 Å². The maximum Gasteiger partial charge on any atom is 0.291 e. The number of benzene rings is 2. The number of methoxy groups -OCH3 is 1. The number of carbonyl (C=O) groups excluding carboxylic acids is 1. The van der Waals surface area contributed by atoms with E-state index in [9.17, 15) is 4.79 Å². The van der Waals surface area contributed by atoms with Gasteiger partial charge in [-0.2, -0.15) is 0 Å². The highest BCUT2D eigenvalue weighted by Crippen LogP contribution is 2.42. The number of amides is 1. The molecule has 6 aromatic rings. The van der Waals surface area contributed by atoms with Crippen LogP contribution in [0.15, 0.2) is 53.2 Å². The first-order chi connectivity index (χ1) is 19.9. The van der Waals surface area contributed by atoms with Crippen molar-refractivity contribution in [2.45, 2.75) is 26.8 Å². The number of hydrogen-bond donors (Lipinski definition) is 2. The van der Waals surface area contributed by atoms with Crippen molar-refractivity contribution in [1.29, 1.82) is 0 Å². The molecule has 2 aromatic carbocycles. The Morgan fingerprint density at radius 2 is 1.95 bits per heavy atom. The Morgan fingerprint density at radius 1 is 1.10 bits per heavy atom. The first kappa shape index (κ1) is 25.2. The molecule has 4 aromatic heterocycles. The quantitative estimate of drug-likeness (QED) is 0.315. The first-order valence-corrected chi connectivity index (χ1v) is 13.6. The molecular formula is C31H29N7O3. The smallest absolute Gasteiger partial charge is 0.291 e. The van der Waals surface area contributed by atoms with Gasteiger partial charge in [-0.05, 0) is 45.0 Å². The van der Waals surface area contributed by atoms with Crippen molar-refractivity contribution in [3.05, 3.63) is 65.9 Å². The number of hydrogen-bond acceptors (Lipinski definition) is 8. The van der Waals surface area contributed by atoms with Crippen molar-refractivity contribution < 1.29 is 14.1 Å². The average Bonchev–Trinajstić information content (AvgIpc) is 3.52. The van der Waals surface area contributed by atoms with Crippen molar-refractivity contribution in [2.24, 2.45) is 0 Å². The average molecular weight is 548 g/mol. The zero-order valence-electron chi connectivity index (χ0n) is 23.3. The third-order valence-electron chi connectivity index (χ3n) is 7.83. The van der Waals surface area contributed by atoms with Crippen molar-refractivity contribution in [3.8, 4) is 28.1 Å². The van der Waals surface area contributed by atoms with Gasteiger partial charge < -0.3 is 24.5 Å². The summed E-state index contributed by atoms with van der Waals surface area (Å²) in [4.78, 5) is 33.4. The molecule has 1 saturated heterocycles. The summed E-state index contributed by atoms with van der Waals surface area (Å²) < 4.78 is 11.3. The first-order valence-electron chi connectivity index (χ1n) is 13.6. The monoisotopic (exact) mass is 547 g/mol. The van der Waals surface area contributed by atoms with Gasteiger partial charge in [-0.25, -0.2) is 9.97 Å². The fourth-order valence-corrected chi connectivity index (χ4v) is 5.91. The van der Waals surface area contributed by atoms with E-state index in [0.29, 0.717) is 35.9 Å². The lowest BCUT2D eigenvalue weighted by Gasteiger charge is -2.31. The minimum atomic E-state index is -0.187. The molecule has 0 radical (unpaired) electrons. The van der Waals surface area contributed by atoms with E-state index in [0.717, 1.165) is 56.1 Å². The predicted octanol–water partition coefficient (Wildman–Crippen LogP) is 5.04. The van der Waals surface area contributed by atoms with E-state index >= 15 is 0 Å². The number of piperazine rings is 1. The molecule has 0 aliphatic carbocycles. The van der Waals surface area contributed by atoms with E-state index in [4.69, 9.17) is 19.2 Å². The van der Waals surface area contributed by atoms with Gasteiger partial charge in [0.05, 0.1) is 35.0 Å². The molecule has 1 atom stereocenters. The minimum Gasteiger partial charge on any atom is -0.496 e. The van der Waals surface area contributed by atoms with Crippen LogP contribution in [0, 0.1) is 13.8 Å². The van der Waals surface area contributed by atoms with Crippen LogP contribution in [0.4, 0.5) is 0 Å². The zero-order valence-corrected chi connectivity index (χ0v) is 23.3. The Labute approximate surface area is 235 Å². The summed E-state index contributed by atoms with van der Waals surface area (Å²) in [5, 5.41) is 10.2. The summed E-state index contributed by atoms with van der Waals surface area (Å²) in [7, 11) is 1.65. The Morgan fingerprint density at radius 3 is 2.73 bits per heavy atom. The SMILES string of the molecule is COc1cc2c(cc1-c1c(C)noc1C)[nH]c1nc(C(=O)N3CCN[C@@H](C)C3)nc(-c3ccnc4ccccc34)c12. The number of para-hydroxylation sites is 1. The number of carbonyl (C=O) groups is 1. The third kappa shape index (κ3) is 4.10. The molecule has 2 N–H and O–H groups in total. The van der Waals surface area contributed by atoms with Crippen LogP contribution in [0.3, 0.4) is 0 Å². The Kier molecular flexibility index (Phi) is 5.93. The number of aromatic amines is 1. The van der Waals surface area contributed by atoms with Crippen molar-refractivity contribution in [2.75, 3.05) is 26.7 Å². The highest BCUT2D eigenvalue weighted by Gasteiger charge is 2.27. The van der Waals surface area contributed by atoms with Gasteiger partial charge in [-0.3, -0.25) is 9.78 Å². The second-order valence-corrected chi connectivity index (χ2v) is 10.5. The van der Waals surface area contributed by atoms with Crippen molar-refractivity contribution in [3.63, 3.8) is 0 Å². The lowest BCUT2D eigenvalue weighted by Crippen LogP contribution is -2.51. The molecule has 0 saturated carbocycles. The number of rotatable bonds is 4.